The van der Waals surface area contributed by atoms with Gasteiger partial charge in [0.25, 0.3) is 0 Å². The molecule has 0 amide bonds. The molecule has 5 heteroatoms. The Labute approximate surface area is 132 Å². The molecule has 0 saturated carbocycles. The number of furan rings is 1. The number of benzene rings is 1. The average molecular weight is 314 g/mol. The zero-order chi connectivity index (χ0) is 15.4. The molecular weight excluding hydrogens is 302 g/mol. The van der Waals surface area contributed by atoms with Crippen molar-refractivity contribution in [2.45, 2.75) is 6.61 Å². The van der Waals surface area contributed by atoms with Gasteiger partial charge in [0.1, 0.15) is 18.1 Å². The van der Waals surface area contributed by atoms with Crippen LogP contribution in [0.3, 0.4) is 0 Å². The van der Waals surface area contributed by atoms with E-state index >= 15 is 0 Å². The highest BCUT2D eigenvalue weighted by Gasteiger charge is 2.08. The maximum absolute atomic E-state index is 10.6. The lowest BCUT2D eigenvalue weighted by Gasteiger charge is -2.08. The minimum Gasteiger partial charge on any atom is -0.487 e. The number of aldehydes is 1. The monoisotopic (exact) mass is 313 g/mol. The summed E-state index contributed by atoms with van der Waals surface area (Å²) < 4.78 is 11.0. The Kier molecular flexibility index (Phi) is 4.21. The number of halogens is 1. The van der Waals surface area contributed by atoms with E-state index in [9.17, 15) is 4.79 Å². The summed E-state index contributed by atoms with van der Waals surface area (Å²) in [6.45, 7) is 0.392. The lowest BCUT2D eigenvalue weighted by atomic mass is 10.1. The number of carbonyl (C=O) groups excluding carboxylic acids is 1. The van der Waals surface area contributed by atoms with Crippen LogP contribution >= 0.6 is 11.6 Å². The quantitative estimate of drug-likeness (QED) is 0.656. The van der Waals surface area contributed by atoms with Crippen LogP contribution in [0, 0.1) is 0 Å². The van der Waals surface area contributed by atoms with Gasteiger partial charge in [-0.15, -0.1) is 0 Å². The molecule has 0 radical (unpaired) electrons. The van der Waals surface area contributed by atoms with Crippen molar-refractivity contribution in [3.05, 3.63) is 71.2 Å². The average Bonchev–Trinajstić information content (AvgIpc) is 3.04. The third-order valence-electron chi connectivity index (χ3n) is 3.08. The summed E-state index contributed by atoms with van der Waals surface area (Å²) in [5, 5.41) is 0.477. The molecule has 0 fully saturated rings. The molecule has 0 bridgehead atoms. The highest BCUT2D eigenvalue weighted by Crippen LogP contribution is 2.31. The van der Waals surface area contributed by atoms with Crippen LogP contribution in [0.25, 0.3) is 11.3 Å². The fourth-order valence-electron chi connectivity index (χ4n) is 1.99. The van der Waals surface area contributed by atoms with Crippen LogP contribution in [-0.4, -0.2) is 11.3 Å². The molecule has 0 N–H and O–H groups in total. The maximum atomic E-state index is 10.6. The summed E-state index contributed by atoms with van der Waals surface area (Å²) >= 11 is 6.23. The van der Waals surface area contributed by atoms with Gasteiger partial charge < -0.3 is 9.15 Å². The first-order chi connectivity index (χ1) is 10.8. The van der Waals surface area contributed by atoms with Crippen molar-refractivity contribution in [2.75, 3.05) is 0 Å². The van der Waals surface area contributed by atoms with E-state index < -0.39 is 0 Å². The van der Waals surface area contributed by atoms with Gasteiger partial charge in [-0.2, -0.15) is 0 Å². The molecule has 0 atom stereocenters. The zero-order valence-electron chi connectivity index (χ0n) is 11.5. The molecule has 0 unspecified atom stereocenters. The van der Waals surface area contributed by atoms with Crippen molar-refractivity contribution in [3.8, 4) is 17.1 Å². The van der Waals surface area contributed by atoms with Gasteiger partial charge in [-0.25, -0.2) is 0 Å². The van der Waals surface area contributed by atoms with Gasteiger partial charge in [0.2, 0.25) is 0 Å². The third-order valence-corrected chi connectivity index (χ3v) is 3.37. The first-order valence-corrected chi connectivity index (χ1v) is 7.01. The Morgan fingerprint density at radius 2 is 2.14 bits per heavy atom. The predicted octanol–water partition coefficient (Wildman–Crippen LogP) is 4.39. The Morgan fingerprint density at radius 3 is 2.82 bits per heavy atom. The molecule has 110 valence electrons. The number of hydrogen-bond donors (Lipinski definition) is 0. The standard InChI is InChI=1S/C17H12ClNO3/c18-15-8-13(16-6-4-14(10-20)22-16)3-5-17(15)21-11-12-2-1-7-19-9-12/h1-10H,11H2. The van der Waals surface area contributed by atoms with Crippen LogP contribution in [0.4, 0.5) is 0 Å². The summed E-state index contributed by atoms with van der Waals surface area (Å²) in [6.07, 6.45) is 4.12. The highest BCUT2D eigenvalue weighted by molar-refractivity contribution is 6.32. The van der Waals surface area contributed by atoms with E-state index in [2.05, 4.69) is 4.98 Å². The van der Waals surface area contributed by atoms with Gasteiger partial charge in [0, 0.05) is 23.5 Å². The molecular formula is C17H12ClNO3. The number of rotatable bonds is 5. The third kappa shape index (κ3) is 3.18. The normalized spacial score (nSPS) is 10.4. The molecule has 2 heterocycles. The van der Waals surface area contributed by atoms with Gasteiger partial charge >= 0.3 is 0 Å². The number of nitrogens with zero attached hydrogens (tertiary/aromatic N) is 1. The van der Waals surface area contributed by atoms with Gasteiger partial charge in [0.05, 0.1) is 5.02 Å². The summed E-state index contributed by atoms with van der Waals surface area (Å²) in [7, 11) is 0. The van der Waals surface area contributed by atoms with Gasteiger partial charge in [-0.05, 0) is 36.4 Å². The van der Waals surface area contributed by atoms with Gasteiger partial charge in [0.15, 0.2) is 12.0 Å². The molecule has 0 saturated heterocycles. The Morgan fingerprint density at radius 1 is 1.23 bits per heavy atom. The first-order valence-electron chi connectivity index (χ1n) is 6.63. The van der Waals surface area contributed by atoms with Crippen molar-refractivity contribution in [2.24, 2.45) is 0 Å². The van der Waals surface area contributed by atoms with Crippen LogP contribution in [0.5, 0.6) is 5.75 Å². The number of pyridine rings is 1. The van der Waals surface area contributed by atoms with E-state index in [4.69, 9.17) is 20.8 Å². The Balaban J connectivity index is 1.76. The molecule has 22 heavy (non-hydrogen) atoms. The zero-order valence-corrected chi connectivity index (χ0v) is 12.3. The molecule has 3 aromatic rings. The number of ether oxygens (including phenoxy) is 1. The summed E-state index contributed by atoms with van der Waals surface area (Å²) in [6, 6.07) is 12.5. The smallest absolute Gasteiger partial charge is 0.185 e. The van der Waals surface area contributed by atoms with Crippen molar-refractivity contribution in [1.82, 2.24) is 4.98 Å². The second-order valence-electron chi connectivity index (χ2n) is 4.62. The van der Waals surface area contributed by atoms with Gasteiger partial charge in [-0.1, -0.05) is 17.7 Å². The molecule has 2 aromatic heterocycles. The van der Waals surface area contributed by atoms with E-state index in [0.717, 1.165) is 11.1 Å². The molecule has 4 nitrogen and oxygen atoms in total. The van der Waals surface area contributed by atoms with Crippen molar-refractivity contribution in [1.29, 1.82) is 0 Å². The van der Waals surface area contributed by atoms with E-state index in [1.165, 1.54) is 0 Å². The SMILES string of the molecule is O=Cc1ccc(-c2ccc(OCc3cccnc3)c(Cl)c2)o1. The number of hydrogen-bond acceptors (Lipinski definition) is 4. The van der Waals surface area contributed by atoms with Gasteiger partial charge in [-0.3, -0.25) is 9.78 Å². The first kappa shape index (κ1) is 14.4. The van der Waals surface area contributed by atoms with Crippen molar-refractivity contribution < 1.29 is 13.9 Å². The van der Waals surface area contributed by atoms with E-state index in [0.29, 0.717) is 29.4 Å². The predicted molar refractivity (Wildman–Crippen MR) is 83.1 cm³/mol. The molecule has 3 rings (SSSR count). The van der Waals surface area contributed by atoms with Crippen molar-refractivity contribution >= 4 is 17.9 Å². The molecule has 0 aliphatic rings. The second-order valence-corrected chi connectivity index (χ2v) is 5.02. The fraction of sp³-hybridized carbons (Fsp3) is 0.0588. The Bertz CT molecular complexity index is 784. The number of carbonyl (C=O) groups is 1. The molecule has 0 spiro atoms. The van der Waals surface area contributed by atoms with Crippen LogP contribution in [0.1, 0.15) is 16.1 Å². The van der Waals surface area contributed by atoms with E-state index in [-0.39, 0.29) is 5.76 Å². The van der Waals surface area contributed by atoms with Crippen molar-refractivity contribution in [3.63, 3.8) is 0 Å². The molecule has 1 aromatic carbocycles. The van der Waals surface area contributed by atoms with Crippen LogP contribution in [-0.2, 0) is 6.61 Å². The molecule has 0 aliphatic heterocycles. The Hall–Kier alpha value is -2.59. The summed E-state index contributed by atoms with van der Waals surface area (Å²) in [5.41, 5.74) is 1.75. The summed E-state index contributed by atoms with van der Waals surface area (Å²) in [4.78, 5) is 14.7. The molecule has 0 aliphatic carbocycles. The topological polar surface area (TPSA) is 52.3 Å². The van der Waals surface area contributed by atoms with Crippen LogP contribution < -0.4 is 4.74 Å². The van der Waals surface area contributed by atoms with E-state index in [1.54, 1.807) is 36.7 Å². The lowest BCUT2D eigenvalue weighted by Crippen LogP contribution is -1.96. The minimum atomic E-state index is 0.281. The van der Waals surface area contributed by atoms with Crippen LogP contribution in [0.15, 0.2) is 59.3 Å². The van der Waals surface area contributed by atoms with E-state index in [1.807, 2.05) is 18.2 Å². The largest absolute Gasteiger partial charge is 0.487 e. The van der Waals surface area contributed by atoms with Crippen LogP contribution in [0.2, 0.25) is 5.02 Å². The second kappa shape index (κ2) is 6.45. The number of aromatic nitrogens is 1. The lowest BCUT2D eigenvalue weighted by molar-refractivity contribution is 0.110. The fourth-order valence-corrected chi connectivity index (χ4v) is 2.22. The maximum Gasteiger partial charge on any atom is 0.185 e. The highest BCUT2D eigenvalue weighted by atomic mass is 35.5. The summed E-state index contributed by atoms with van der Waals surface area (Å²) in [5.74, 6) is 1.45. The minimum absolute atomic E-state index is 0.281.